The van der Waals surface area contributed by atoms with E-state index < -0.39 is 24.0 Å². The molecule has 3 N–H and O–H groups in total. The Morgan fingerprint density at radius 1 is 0.795 bits per heavy atom. The molecule has 0 aliphatic rings. The number of carbonyl (C=O) groups is 3. The standard InChI is InChI=1S/C37H54N2O5/c1-5-7-8-9-10-11-12-13-14-15-16-17-18-19-20-21-22-25-28-44-34(6-2)36(41)39-33(29-30(3)4)35(40)38-32-27-24-23-26-31(32)37(42)43/h7-8,10-11,13-14,16-17,19-20,23-24,26-27,30,33-34H,5-6,9,12,15,18,21-22,25,28-29H2,1-4H3,(H,38,40)(H,39,41)(H,42,43)/b8-7-,11-10-,14-13-,17-16-,20-19-. The number of hydrogen-bond donors (Lipinski definition) is 3. The molecule has 0 spiro atoms. The second-order valence-electron chi connectivity index (χ2n) is 11.0. The molecule has 2 amide bonds. The number of amides is 2. The van der Waals surface area contributed by atoms with Gasteiger partial charge in [-0.1, -0.05) is 101 Å². The van der Waals surface area contributed by atoms with Crippen LogP contribution in [0.2, 0.25) is 0 Å². The van der Waals surface area contributed by atoms with Gasteiger partial charge in [0.25, 0.3) is 0 Å². The zero-order valence-electron chi connectivity index (χ0n) is 27.2. The van der Waals surface area contributed by atoms with E-state index >= 15 is 0 Å². The van der Waals surface area contributed by atoms with E-state index in [1.54, 1.807) is 12.1 Å². The lowest BCUT2D eigenvalue weighted by atomic mass is 10.0. The van der Waals surface area contributed by atoms with Crippen molar-refractivity contribution >= 4 is 23.5 Å². The topological polar surface area (TPSA) is 105 Å². The molecule has 0 aromatic heterocycles. The first-order valence-electron chi connectivity index (χ1n) is 16.1. The zero-order valence-corrected chi connectivity index (χ0v) is 27.2. The molecule has 0 saturated heterocycles. The molecular weight excluding hydrogens is 552 g/mol. The Labute approximate surface area is 265 Å². The molecule has 1 rings (SSSR count). The number of hydrogen-bond acceptors (Lipinski definition) is 4. The zero-order chi connectivity index (χ0) is 32.4. The Morgan fingerprint density at radius 2 is 1.36 bits per heavy atom. The van der Waals surface area contributed by atoms with Crippen molar-refractivity contribution in [3.05, 3.63) is 90.6 Å². The molecule has 0 fully saturated rings. The van der Waals surface area contributed by atoms with Crippen LogP contribution in [0.4, 0.5) is 5.69 Å². The average Bonchev–Trinajstić information content (AvgIpc) is 2.99. The van der Waals surface area contributed by atoms with Gasteiger partial charge in [0, 0.05) is 6.61 Å². The lowest BCUT2D eigenvalue weighted by Crippen LogP contribution is -2.48. The molecule has 0 heterocycles. The fourth-order valence-electron chi connectivity index (χ4n) is 4.30. The lowest BCUT2D eigenvalue weighted by molar-refractivity contribution is -0.136. The van der Waals surface area contributed by atoms with E-state index in [0.29, 0.717) is 19.4 Å². The summed E-state index contributed by atoms with van der Waals surface area (Å²) in [4.78, 5) is 37.5. The first kappa shape index (κ1) is 38.3. The van der Waals surface area contributed by atoms with Gasteiger partial charge in [0.05, 0.1) is 11.3 Å². The van der Waals surface area contributed by atoms with Crippen LogP contribution in [0.3, 0.4) is 0 Å². The summed E-state index contributed by atoms with van der Waals surface area (Å²) >= 11 is 0. The van der Waals surface area contributed by atoms with E-state index in [1.807, 2.05) is 20.8 Å². The van der Waals surface area contributed by atoms with Crippen molar-refractivity contribution < 1.29 is 24.2 Å². The van der Waals surface area contributed by atoms with Crippen molar-refractivity contribution in [3.8, 4) is 0 Å². The van der Waals surface area contributed by atoms with Gasteiger partial charge in [0.15, 0.2) is 0 Å². The van der Waals surface area contributed by atoms with Gasteiger partial charge in [-0.05, 0) is 82.3 Å². The van der Waals surface area contributed by atoms with E-state index in [4.69, 9.17) is 4.74 Å². The molecule has 0 saturated carbocycles. The number of unbranched alkanes of at least 4 members (excludes halogenated alkanes) is 2. The number of para-hydroxylation sites is 1. The summed E-state index contributed by atoms with van der Waals surface area (Å²) < 4.78 is 5.87. The van der Waals surface area contributed by atoms with Gasteiger partial charge in [-0.2, -0.15) is 0 Å². The summed E-state index contributed by atoms with van der Waals surface area (Å²) in [7, 11) is 0. The first-order valence-corrected chi connectivity index (χ1v) is 16.1. The first-order chi connectivity index (χ1) is 21.3. The van der Waals surface area contributed by atoms with E-state index in [1.165, 1.54) is 12.1 Å². The van der Waals surface area contributed by atoms with Crippen LogP contribution in [0.15, 0.2) is 85.0 Å². The number of ether oxygens (including phenoxy) is 1. The largest absolute Gasteiger partial charge is 0.478 e. The number of rotatable bonds is 23. The minimum atomic E-state index is -1.13. The molecule has 7 nitrogen and oxygen atoms in total. The van der Waals surface area contributed by atoms with Crippen LogP contribution >= 0.6 is 0 Å². The van der Waals surface area contributed by atoms with Crippen LogP contribution < -0.4 is 10.6 Å². The second-order valence-corrected chi connectivity index (χ2v) is 11.0. The van der Waals surface area contributed by atoms with Crippen LogP contribution in [0.1, 0.15) is 102 Å². The summed E-state index contributed by atoms with van der Waals surface area (Å²) in [5.74, 6) is -1.78. The highest BCUT2D eigenvalue weighted by Gasteiger charge is 2.27. The van der Waals surface area contributed by atoms with Crippen molar-refractivity contribution in [1.82, 2.24) is 5.32 Å². The van der Waals surface area contributed by atoms with E-state index in [9.17, 15) is 19.5 Å². The number of carboxylic acid groups (broad SMARTS) is 1. The third-order valence-corrected chi connectivity index (χ3v) is 6.66. The lowest BCUT2D eigenvalue weighted by Gasteiger charge is -2.23. The van der Waals surface area contributed by atoms with E-state index in [2.05, 4.69) is 78.3 Å². The maximum Gasteiger partial charge on any atom is 0.337 e. The number of carboxylic acids is 1. The molecule has 0 radical (unpaired) electrons. The third kappa shape index (κ3) is 18.1. The number of carbonyl (C=O) groups excluding carboxylic acids is 2. The summed E-state index contributed by atoms with van der Waals surface area (Å²) in [6.07, 6.45) is 29.8. The van der Waals surface area contributed by atoms with Gasteiger partial charge < -0.3 is 20.5 Å². The Bertz CT molecular complexity index is 1120. The van der Waals surface area contributed by atoms with E-state index in [0.717, 1.165) is 51.4 Å². The highest BCUT2D eigenvalue weighted by molar-refractivity contribution is 6.03. The SMILES string of the molecule is CC/C=C\C/C=C\C/C=C\C/C=C\C/C=C\CCCCOC(CC)C(=O)NC(CC(C)C)C(=O)Nc1ccccc1C(=O)O. The Balaban J connectivity index is 2.35. The average molecular weight is 607 g/mol. The van der Waals surface area contributed by atoms with Crippen LogP contribution in [0, 0.1) is 5.92 Å². The number of benzene rings is 1. The Morgan fingerprint density at radius 3 is 1.91 bits per heavy atom. The molecule has 44 heavy (non-hydrogen) atoms. The minimum absolute atomic E-state index is 0.00479. The van der Waals surface area contributed by atoms with Crippen molar-refractivity contribution in [3.63, 3.8) is 0 Å². The second kappa shape index (κ2) is 24.7. The monoisotopic (exact) mass is 606 g/mol. The van der Waals surface area contributed by atoms with Crippen LogP contribution in [-0.2, 0) is 14.3 Å². The van der Waals surface area contributed by atoms with Crippen molar-refractivity contribution in [1.29, 1.82) is 0 Å². The van der Waals surface area contributed by atoms with Gasteiger partial charge >= 0.3 is 5.97 Å². The van der Waals surface area contributed by atoms with Crippen LogP contribution in [-0.4, -0.2) is 41.6 Å². The van der Waals surface area contributed by atoms with E-state index in [-0.39, 0.29) is 23.1 Å². The predicted molar refractivity (Wildman–Crippen MR) is 182 cm³/mol. The van der Waals surface area contributed by atoms with Crippen molar-refractivity contribution in [2.75, 3.05) is 11.9 Å². The summed E-state index contributed by atoms with van der Waals surface area (Å²) in [6.45, 7) is 8.40. The number of nitrogens with one attached hydrogen (secondary N) is 2. The molecule has 0 aliphatic carbocycles. The molecule has 2 unspecified atom stereocenters. The summed E-state index contributed by atoms with van der Waals surface area (Å²) in [5, 5.41) is 14.9. The van der Waals surface area contributed by atoms with Crippen LogP contribution in [0.25, 0.3) is 0 Å². The molecule has 1 aromatic carbocycles. The van der Waals surface area contributed by atoms with Gasteiger partial charge in [0.2, 0.25) is 11.8 Å². The number of aromatic carboxylic acids is 1. The molecule has 1 aromatic rings. The molecule has 242 valence electrons. The molecular formula is C37H54N2O5. The van der Waals surface area contributed by atoms with Gasteiger partial charge in [-0.15, -0.1) is 0 Å². The molecule has 0 aliphatic heterocycles. The normalized spacial score (nSPS) is 13.6. The Kier molecular flexibility index (Phi) is 21.5. The molecule has 7 heteroatoms. The molecule has 0 bridgehead atoms. The van der Waals surface area contributed by atoms with Gasteiger partial charge in [-0.3, -0.25) is 9.59 Å². The van der Waals surface area contributed by atoms with Crippen molar-refractivity contribution in [2.24, 2.45) is 5.92 Å². The fourth-order valence-corrected chi connectivity index (χ4v) is 4.30. The number of allylic oxidation sites excluding steroid dienone is 10. The highest BCUT2D eigenvalue weighted by atomic mass is 16.5. The predicted octanol–water partition coefficient (Wildman–Crippen LogP) is 8.57. The maximum atomic E-state index is 13.0. The van der Waals surface area contributed by atoms with Crippen LogP contribution in [0.5, 0.6) is 0 Å². The quantitative estimate of drug-likeness (QED) is 0.0855. The number of anilines is 1. The van der Waals surface area contributed by atoms with Crippen molar-refractivity contribution in [2.45, 2.75) is 104 Å². The molecule has 2 atom stereocenters. The maximum absolute atomic E-state index is 13.0. The van der Waals surface area contributed by atoms with Gasteiger partial charge in [0.1, 0.15) is 12.1 Å². The fraction of sp³-hybridized carbons (Fsp3) is 0.486. The Hall–Kier alpha value is -3.71. The third-order valence-electron chi connectivity index (χ3n) is 6.66. The summed E-state index contributed by atoms with van der Waals surface area (Å²) in [6, 6.07) is 5.40. The minimum Gasteiger partial charge on any atom is -0.478 e. The smallest absolute Gasteiger partial charge is 0.337 e. The highest BCUT2D eigenvalue weighted by Crippen LogP contribution is 2.17. The summed E-state index contributed by atoms with van der Waals surface area (Å²) in [5.41, 5.74) is 0.193. The van der Waals surface area contributed by atoms with Gasteiger partial charge in [-0.25, -0.2) is 4.79 Å².